The van der Waals surface area contributed by atoms with Crippen LogP contribution in [0.3, 0.4) is 0 Å². The van der Waals surface area contributed by atoms with Crippen molar-refractivity contribution in [2.24, 2.45) is 5.73 Å². The number of nitrogens with one attached hydrogen (secondary N) is 1. The highest BCUT2D eigenvalue weighted by molar-refractivity contribution is 7.89. The molecule has 1 amide bonds. The maximum absolute atomic E-state index is 12.5. The molecule has 0 spiro atoms. The second-order valence-corrected chi connectivity index (χ2v) is 7.28. The summed E-state index contributed by atoms with van der Waals surface area (Å²) in [6.07, 6.45) is 1.37. The van der Waals surface area contributed by atoms with E-state index in [2.05, 4.69) is 5.32 Å². The summed E-state index contributed by atoms with van der Waals surface area (Å²) < 4.78 is 26.1. The number of rotatable bonds is 9. The smallest absolute Gasteiger partial charge is 0.243 e. The van der Waals surface area contributed by atoms with Gasteiger partial charge in [0.25, 0.3) is 0 Å². The van der Waals surface area contributed by atoms with Crippen LogP contribution in [0.2, 0.25) is 0 Å². The molecule has 0 saturated heterocycles. The third kappa shape index (κ3) is 6.03. The number of hydrogen-bond donors (Lipinski definition) is 3. The van der Waals surface area contributed by atoms with Crippen LogP contribution >= 0.6 is 12.4 Å². The molecule has 138 valence electrons. The molecule has 1 aromatic rings. The lowest BCUT2D eigenvalue weighted by molar-refractivity contribution is -0.122. The van der Waals surface area contributed by atoms with E-state index in [1.165, 1.54) is 13.1 Å². The summed E-state index contributed by atoms with van der Waals surface area (Å²) in [5.74, 6) is -0.303. The summed E-state index contributed by atoms with van der Waals surface area (Å²) in [5.41, 5.74) is 6.22. The normalized spacial score (nSPS) is 12.5. The van der Waals surface area contributed by atoms with Gasteiger partial charge in [-0.15, -0.1) is 12.4 Å². The molecular weight excluding hydrogens is 354 g/mol. The lowest BCUT2D eigenvalue weighted by Gasteiger charge is -2.19. The Bertz CT molecular complexity index is 625. The molecule has 0 fully saturated rings. The maximum Gasteiger partial charge on any atom is 0.243 e. The minimum atomic E-state index is -3.72. The number of nitrogens with two attached hydrogens (primary N) is 1. The molecule has 1 unspecified atom stereocenters. The zero-order valence-electron chi connectivity index (χ0n) is 13.9. The van der Waals surface area contributed by atoms with E-state index in [4.69, 9.17) is 10.8 Å². The van der Waals surface area contributed by atoms with Crippen molar-refractivity contribution < 1.29 is 18.3 Å². The van der Waals surface area contributed by atoms with Crippen LogP contribution in [0, 0.1) is 0 Å². The molecule has 1 atom stereocenters. The molecule has 7 nitrogen and oxygen atoms in total. The third-order valence-corrected chi connectivity index (χ3v) is 5.42. The molecule has 0 bridgehead atoms. The van der Waals surface area contributed by atoms with Gasteiger partial charge in [-0.1, -0.05) is 31.5 Å². The molecule has 0 aliphatic heterocycles. The minimum Gasteiger partial charge on any atom is -0.395 e. The average Bonchev–Trinajstić information content (AvgIpc) is 2.53. The molecule has 0 saturated carbocycles. The molecular formula is C15H26ClN3O4S. The zero-order chi connectivity index (χ0) is 17.5. The Labute approximate surface area is 149 Å². The predicted octanol–water partition coefficient (Wildman–Crippen LogP) is 0.465. The lowest BCUT2D eigenvalue weighted by Crippen LogP contribution is -2.40. The molecule has 24 heavy (non-hydrogen) atoms. The van der Waals surface area contributed by atoms with Gasteiger partial charge in [-0.25, -0.2) is 8.42 Å². The first-order valence-corrected chi connectivity index (χ1v) is 8.97. The van der Waals surface area contributed by atoms with Crippen LogP contribution in [0.1, 0.15) is 25.3 Å². The number of amides is 1. The Hall–Kier alpha value is -1.19. The molecule has 9 heteroatoms. The van der Waals surface area contributed by atoms with Crippen LogP contribution in [0.25, 0.3) is 0 Å². The van der Waals surface area contributed by atoms with Crippen LogP contribution in [0.4, 0.5) is 0 Å². The summed E-state index contributed by atoms with van der Waals surface area (Å²) >= 11 is 0. The van der Waals surface area contributed by atoms with Crippen molar-refractivity contribution in [1.82, 2.24) is 9.62 Å². The topological polar surface area (TPSA) is 113 Å². The molecule has 0 aromatic heterocycles. The van der Waals surface area contributed by atoms with E-state index >= 15 is 0 Å². The number of aliphatic hydroxyl groups excluding tert-OH is 1. The highest BCUT2D eigenvalue weighted by Crippen LogP contribution is 2.19. The number of carbonyl (C=O) groups is 1. The molecule has 0 heterocycles. The fourth-order valence-corrected chi connectivity index (χ4v) is 3.47. The van der Waals surface area contributed by atoms with E-state index in [9.17, 15) is 13.2 Å². The summed E-state index contributed by atoms with van der Waals surface area (Å²) in [6, 6.07) is 5.86. The largest absolute Gasteiger partial charge is 0.395 e. The van der Waals surface area contributed by atoms with Crippen LogP contribution < -0.4 is 11.1 Å². The highest BCUT2D eigenvalue weighted by atomic mass is 35.5. The number of aliphatic hydroxyl groups is 1. The summed E-state index contributed by atoms with van der Waals surface area (Å²) in [6.45, 7) is 1.76. The van der Waals surface area contributed by atoms with Crippen molar-refractivity contribution in [1.29, 1.82) is 0 Å². The van der Waals surface area contributed by atoms with Gasteiger partial charge in [-0.05, 0) is 18.1 Å². The lowest BCUT2D eigenvalue weighted by atomic mass is 10.1. The van der Waals surface area contributed by atoms with E-state index in [0.29, 0.717) is 12.0 Å². The first kappa shape index (κ1) is 22.8. The van der Waals surface area contributed by atoms with Crippen molar-refractivity contribution >= 4 is 28.3 Å². The second-order valence-electron chi connectivity index (χ2n) is 5.27. The number of benzene rings is 1. The van der Waals surface area contributed by atoms with Gasteiger partial charge < -0.3 is 16.2 Å². The van der Waals surface area contributed by atoms with E-state index in [1.807, 2.05) is 6.92 Å². The van der Waals surface area contributed by atoms with Gasteiger partial charge >= 0.3 is 0 Å². The van der Waals surface area contributed by atoms with Gasteiger partial charge in [0.15, 0.2) is 0 Å². The molecule has 0 aliphatic carbocycles. The van der Waals surface area contributed by atoms with Crippen molar-refractivity contribution in [2.75, 3.05) is 20.2 Å². The SMILES string of the molecule is CCCC(N)C(=O)NCc1ccccc1S(=O)(=O)N(C)CCO.Cl. The Kier molecular flexibility index (Phi) is 10.1. The number of halogens is 1. The van der Waals surface area contributed by atoms with E-state index < -0.39 is 16.1 Å². The Morgan fingerprint density at radius 3 is 2.58 bits per heavy atom. The van der Waals surface area contributed by atoms with Crippen LogP contribution in [0.5, 0.6) is 0 Å². The summed E-state index contributed by atoms with van der Waals surface area (Å²) in [7, 11) is -2.32. The third-order valence-electron chi connectivity index (χ3n) is 3.47. The number of likely N-dealkylation sites (N-methyl/N-ethyl adjacent to an activating group) is 1. The average molecular weight is 380 g/mol. The highest BCUT2D eigenvalue weighted by Gasteiger charge is 2.23. The quantitative estimate of drug-likeness (QED) is 0.577. The monoisotopic (exact) mass is 379 g/mol. The molecule has 1 rings (SSSR count). The fraction of sp³-hybridized carbons (Fsp3) is 0.533. The Balaban J connectivity index is 0.00000529. The van der Waals surface area contributed by atoms with E-state index in [1.54, 1.807) is 18.2 Å². The van der Waals surface area contributed by atoms with Gasteiger partial charge in [0.05, 0.1) is 17.5 Å². The maximum atomic E-state index is 12.5. The van der Waals surface area contributed by atoms with Crippen molar-refractivity contribution in [3.63, 3.8) is 0 Å². The van der Waals surface area contributed by atoms with Gasteiger partial charge in [0, 0.05) is 20.1 Å². The summed E-state index contributed by atoms with van der Waals surface area (Å²) in [5, 5.41) is 11.6. The van der Waals surface area contributed by atoms with Gasteiger partial charge in [-0.3, -0.25) is 4.79 Å². The van der Waals surface area contributed by atoms with Gasteiger partial charge in [0.2, 0.25) is 15.9 Å². The van der Waals surface area contributed by atoms with Crippen molar-refractivity contribution in [3.05, 3.63) is 29.8 Å². The second kappa shape index (κ2) is 10.6. The molecule has 0 aliphatic rings. The first-order chi connectivity index (χ1) is 10.8. The molecule has 0 radical (unpaired) electrons. The van der Waals surface area contributed by atoms with Crippen LogP contribution in [-0.4, -0.2) is 50.0 Å². The van der Waals surface area contributed by atoms with E-state index in [-0.39, 0.29) is 42.9 Å². The standard InChI is InChI=1S/C15H25N3O4S.ClH/c1-3-6-13(16)15(20)17-11-12-7-4-5-8-14(12)23(21,22)18(2)9-10-19;/h4-5,7-8,13,19H,3,6,9-11,16H2,1-2H3,(H,17,20);1H. The Morgan fingerprint density at radius 2 is 2.00 bits per heavy atom. The predicted molar refractivity (Wildman–Crippen MR) is 95.3 cm³/mol. The van der Waals surface area contributed by atoms with Gasteiger partial charge in [-0.2, -0.15) is 4.31 Å². The van der Waals surface area contributed by atoms with Crippen LogP contribution in [0.15, 0.2) is 29.2 Å². The minimum absolute atomic E-state index is 0. The van der Waals surface area contributed by atoms with E-state index in [0.717, 1.165) is 10.7 Å². The Morgan fingerprint density at radius 1 is 1.38 bits per heavy atom. The number of sulfonamides is 1. The zero-order valence-corrected chi connectivity index (χ0v) is 15.6. The fourth-order valence-electron chi connectivity index (χ4n) is 2.09. The number of nitrogens with zero attached hydrogens (tertiary/aromatic N) is 1. The number of carbonyl (C=O) groups excluding carboxylic acids is 1. The van der Waals surface area contributed by atoms with Crippen molar-refractivity contribution in [3.8, 4) is 0 Å². The summed E-state index contributed by atoms with van der Waals surface area (Å²) in [4.78, 5) is 12.0. The molecule has 1 aromatic carbocycles. The first-order valence-electron chi connectivity index (χ1n) is 7.53. The van der Waals surface area contributed by atoms with Crippen molar-refractivity contribution in [2.45, 2.75) is 37.2 Å². The van der Waals surface area contributed by atoms with Crippen LogP contribution in [-0.2, 0) is 21.4 Å². The van der Waals surface area contributed by atoms with Gasteiger partial charge in [0.1, 0.15) is 0 Å². The number of hydrogen-bond acceptors (Lipinski definition) is 5. The molecule has 4 N–H and O–H groups in total.